The zero-order chi connectivity index (χ0) is 11.4. The van der Waals surface area contributed by atoms with Crippen LogP contribution in [0.3, 0.4) is 0 Å². The molecule has 16 heavy (non-hydrogen) atoms. The summed E-state index contributed by atoms with van der Waals surface area (Å²) in [5, 5.41) is 3.73. The number of hydrogen-bond acceptors (Lipinski definition) is 3. The van der Waals surface area contributed by atoms with Crippen molar-refractivity contribution < 1.29 is 4.74 Å². The van der Waals surface area contributed by atoms with Crippen molar-refractivity contribution in [1.82, 2.24) is 0 Å². The molecular formula is C13H20N2O. The second-order valence-electron chi connectivity index (χ2n) is 5.74. The SMILES string of the molecule is CCC1(C)OCC(N=N)=C1C12CCC1CC2. The molecule has 0 bridgehead atoms. The van der Waals surface area contributed by atoms with Crippen LogP contribution in [0.25, 0.3) is 0 Å². The van der Waals surface area contributed by atoms with Crippen molar-refractivity contribution in [3.05, 3.63) is 11.3 Å². The molecule has 2 fully saturated rings. The van der Waals surface area contributed by atoms with Gasteiger partial charge < -0.3 is 4.74 Å². The van der Waals surface area contributed by atoms with Crippen LogP contribution in [0, 0.1) is 16.9 Å². The molecule has 2 saturated carbocycles. The second kappa shape index (κ2) is 3.16. The molecule has 1 heterocycles. The fraction of sp³-hybridized carbons (Fsp3) is 0.846. The topological polar surface area (TPSA) is 45.4 Å². The standard InChI is InChI=1S/C13H20N2O/c1-3-12(2)11(10(15-14)8-16-12)13-6-4-9(13)5-7-13/h9,14H,3-8H2,1-2H3. The lowest BCUT2D eigenvalue weighted by Crippen LogP contribution is -2.54. The van der Waals surface area contributed by atoms with Crippen molar-refractivity contribution in [2.24, 2.45) is 16.4 Å². The monoisotopic (exact) mass is 220 g/mol. The molecule has 0 radical (unpaired) electrons. The molecule has 0 aromatic carbocycles. The molecule has 3 rings (SSSR count). The van der Waals surface area contributed by atoms with E-state index in [1.165, 1.54) is 31.3 Å². The lowest BCUT2D eigenvalue weighted by molar-refractivity contribution is -0.0757. The smallest absolute Gasteiger partial charge is 0.0919 e. The van der Waals surface area contributed by atoms with Crippen LogP contribution in [0.4, 0.5) is 0 Å². The summed E-state index contributed by atoms with van der Waals surface area (Å²) < 4.78 is 5.92. The zero-order valence-corrected chi connectivity index (χ0v) is 10.2. The summed E-state index contributed by atoms with van der Waals surface area (Å²) in [6, 6.07) is 0. The predicted octanol–water partition coefficient (Wildman–Crippen LogP) is 3.66. The Kier molecular flexibility index (Phi) is 2.06. The molecule has 1 atom stereocenters. The Balaban J connectivity index is 2.04. The summed E-state index contributed by atoms with van der Waals surface area (Å²) in [6.07, 6.45) is 6.33. The molecule has 3 aliphatic rings. The largest absolute Gasteiger partial charge is 0.364 e. The Labute approximate surface area is 96.8 Å². The average Bonchev–Trinajstić information content (AvgIpc) is 2.62. The van der Waals surface area contributed by atoms with Crippen LogP contribution in [-0.2, 0) is 4.74 Å². The third-order valence-electron chi connectivity index (χ3n) is 5.31. The molecular weight excluding hydrogens is 200 g/mol. The second-order valence-corrected chi connectivity index (χ2v) is 5.74. The van der Waals surface area contributed by atoms with Crippen molar-refractivity contribution in [1.29, 1.82) is 5.53 Å². The van der Waals surface area contributed by atoms with E-state index in [-0.39, 0.29) is 5.60 Å². The van der Waals surface area contributed by atoms with Crippen molar-refractivity contribution in [2.45, 2.75) is 51.6 Å². The first-order valence-electron chi connectivity index (χ1n) is 6.42. The maximum atomic E-state index is 7.34. The van der Waals surface area contributed by atoms with Gasteiger partial charge in [-0.25, -0.2) is 5.53 Å². The minimum absolute atomic E-state index is 0.140. The number of fused-ring (bicyclic) bond motifs is 1. The van der Waals surface area contributed by atoms with Crippen LogP contribution in [0.1, 0.15) is 46.0 Å². The van der Waals surface area contributed by atoms with E-state index < -0.39 is 0 Å². The Bertz CT molecular complexity index is 366. The Hall–Kier alpha value is -0.700. The molecule has 0 saturated heterocycles. The van der Waals surface area contributed by atoms with Crippen LogP contribution in [-0.4, -0.2) is 12.2 Å². The first kappa shape index (κ1) is 10.5. The van der Waals surface area contributed by atoms with Crippen LogP contribution in [0.2, 0.25) is 0 Å². The summed E-state index contributed by atoms with van der Waals surface area (Å²) in [6.45, 7) is 4.91. The lowest BCUT2D eigenvalue weighted by atomic mass is 9.43. The van der Waals surface area contributed by atoms with E-state index in [1.807, 2.05) is 0 Å². The molecule has 0 aromatic heterocycles. The molecule has 0 spiro atoms. The Morgan fingerprint density at radius 3 is 2.50 bits per heavy atom. The number of ether oxygens (including phenoxy) is 1. The normalized spacial score (nSPS) is 46.0. The van der Waals surface area contributed by atoms with E-state index in [1.54, 1.807) is 0 Å². The van der Waals surface area contributed by atoms with Gasteiger partial charge in [0, 0.05) is 0 Å². The molecule has 0 amide bonds. The van der Waals surface area contributed by atoms with Crippen molar-refractivity contribution in [2.75, 3.05) is 6.61 Å². The van der Waals surface area contributed by atoms with Crippen molar-refractivity contribution >= 4 is 0 Å². The van der Waals surface area contributed by atoms with Gasteiger partial charge >= 0.3 is 0 Å². The summed E-state index contributed by atoms with van der Waals surface area (Å²) in [7, 11) is 0. The van der Waals surface area contributed by atoms with Crippen molar-refractivity contribution in [3.8, 4) is 0 Å². The van der Waals surface area contributed by atoms with E-state index in [9.17, 15) is 0 Å². The summed E-state index contributed by atoms with van der Waals surface area (Å²) in [5.74, 6) is 0.867. The van der Waals surface area contributed by atoms with E-state index >= 15 is 0 Å². The fourth-order valence-corrected chi connectivity index (χ4v) is 3.98. The number of rotatable bonds is 3. The minimum Gasteiger partial charge on any atom is -0.364 e. The van der Waals surface area contributed by atoms with E-state index in [2.05, 4.69) is 19.0 Å². The van der Waals surface area contributed by atoms with Gasteiger partial charge in [-0.15, -0.1) is 0 Å². The molecule has 2 aliphatic carbocycles. The zero-order valence-electron chi connectivity index (χ0n) is 10.2. The molecule has 1 aliphatic heterocycles. The highest BCUT2D eigenvalue weighted by atomic mass is 16.5. The Morgan fingerprint density at radius 2 is 2.12 bits per heavy atom. The highest BCUT2D eigenvalue weighted by Crippen LogP contribution is 2.68. The van der Waals surface area contributed by atoms with E-state index in [0.29, 0.717) is 12.0 Å². The highest BCUT2D eigenvalue weighted by Gasteiger charge is 2.61. The minimum atomic E-state index is -0.140. The van der Waals surface area contributed by atoms with Crippen molar-refractivity contribution in [3.63, 3.8) is 0 Å². The van der Waals surface area contributed by atoms with Crippen LogP contribution in [0.15, 0.2) is 16.4 Å². The van der Waals surface area contributed by atoms with Crippen LogP contribution in [0.5, 0.6) is 0 Å². The number of nitrogens with one attached hydrogen (secondary N) is 1. The molecule has 3 heteroatoms. The summed E-state index contributed by atoms with van der Waals surface area (Å²) in [4.78, 5) is 0. The van der Waals surface area contributed by atoms with Gasteiger partial charge in [0.15, 0.2) is 0 Å². The van der Waals surface area contributed by atoms with Gasteiger partial charge in [-0.1, -0.05) is 6.92 Å². The van der Waals surface area contributed by atoms with Gasteiger partial charge in [0.2, 0.25) is 0 Å². The van der Waals surface area contributed by atoms with Gasteiger partial charge in [-0.3, -0.25) is 0 Å². The summed E-state index contributed by atoms with van der Waals surface area (Å²) >= 11 is 0. The molecule has 0 aromatic rings. The van der Waals surface area contributed by atoms with Crippen LogP contribution >= 0.6 is 0 Å². The summed E-state index contributed by atoms with van der Waals surface area (Å²) in [5.41, 5.74) is 9.90. The molecule has 88 valence electrons. The van der Waals surface area contributed by atoms with E-state index in [4.69, 9.17) is 10.3 Å². The first-order valence-corrected chi connectivity index (χ1v) is 6.42. The maximum absolute atomic E-state index is 7.34. The number of hydrogen-bond donors (Lipinski definition) is 1. The number of nitrogens with zero attached hydrogens (tertiary/aromatic N) is 1. The first-order chi connectivity index (χ1) is 7.66. The van der Waals surface area contributed by atoms with Gasteiger partial charge in [0.05, 0.1) is 17.9 Å². The Morgan fingerprint density at radius 1 is 1.44 bits per heavy atom. The van der Waals surface area contributed by atoms with Gasteiger partial charge in [0.25, 0.3) is 0 Å². The third-order valence-corrected chi connectivity index (χ3v) is 5.31. The van der Waals surface area contributed by atoms with E-state index in [0.717, 1.165) is 18.0 Å². The average molecular weight is 220 g/mol. The quantitative estimate of drug-likeness (QED) is 0.725. The van der Waals surface area contributed by atoms with Crippen LogP contribution < -0.4 is 0 Å². The maximum Gasteiger partial charge on any atom is 0.0919 e. The fourth-order valence-electron chi connectivity index (χ4n) is 3.98. The molecule has 3 nitrogen and oxygen atoms in total. The molecule has 1 N–H and O–H groups in total. The van der Waals surface area contributed by atoms with Gasteiger partial charge in [-0.05, 0) is 55.9 Å². The molecule has 1 unspecified atom stereocenters. The third kappa shape index (κ3) is 1.03. The lowest BCUT2D eigenvalue weighted by Gasteiger charge is -2.61. The van der Waals surface area contributed by atoms with Gasteiger partial charge in [0.1, 0.15) is 0 Å². The highest BCUT2D eigenvalue weighted by molar-refractivity contribution is 5.39. The predicted molar refractivity (Wildman–Crippen MR) is 61.2 cm³/mol. The van der Waals surface area contributed by atoms with Gasteiger partial charge in [-0.2, -0.15) is 5.11 Å².